The van der Waals surface area contributed by atoms with Gasteiger partial charge in [-0.2, -0.15) is 0 Å². The number of carbonyl (C=O) groups excluding carboxylic acids is 1. The van der Waals surface area contributed by atoms with Gasteiger partial charge in [-0.15, -0.1) is 0 Å². The number of nitrogens with one attached hydrogen (secondary N) is 3. The minimum atomic E-state index is -0.269. The molecule has 0 radical (unpaired) electrons. The largest absolute Gasteiger partial charge is 0.348 e. The SMILES string of the molecule is CC1CCNCC1NC(=O)c1cc(=O)[nH]c2ccc(Br)cc12. The summed E-state index contributed by atoms with van der Waals surface area (Å²) in [6.07, 6.45) is 1.03. The van der Waals surface area contributed by atoms with Crippen LogP contribution >= 0.6 is 15.9 Å². The molecule has 1 amide bonds. The highest BCUT2D eigenvalue weighted by molar-refractivity contribution is 9.10. The van der Waals surface area contributed by atoms with Crippen LogP contribution in [0.3, 0.4) is 0 Å². The highest BCUT2D eigenvalue weighted by Gasteiger charge is 2.24. The highest BCUT2D eigenvalue weighted by Crippen LogP contribution is 2.21. The number of benzene rings is 1. The summed E-state index contributed by atoms with van der Waals surface area (Å²) in [6, 6.07) is 6.94. The average Bonchev–Trinajstić information content (AvgIpc) is 2.49. The molecule has 1 fully saturated rings. The van der Waals surface area contributed by atoms with E-state index in [0.717, 1.165) is 29.4 Å². The molecule has 0 saturated carbocycles. The Kier molecular flexibility index (Phi) is 4.31. The standard InChI is InChI=1S/C16H18BrN3O2/c1-9-4-5-18-8-14(9)20-16(22)12-7-15(21)19-13-3-2-10(17)6-11(12)13/h2-3,6-7,9,14,18H,4-5,8H2,1H3,(H,19,21)(H,20,22). The molecule has 22 heavy (non-hydrogen) atoms. The van der Waals surface area contributed by atoms with Crippen molar-refractivity contribution in [1.29, 1.82) is 0 Å². The fourth-order valence-corrected chi connectivity index (χ4v) is 3.20. The number of pyridine rings is 1. The summed E-state index contributed by atoms with van der Waals surface area (Å²) in [5.41, 5.74) is 0.809. The van der Waals surface area contributed by atoms with Crippen LogP contribution in [0.25, 0.3) is 10.9 Å². The fraction of sp³-hybridized carbons (Fsp3) is 0.375. The van der Waals surface area contributed by atoms with E-state index in [2.05, 4.69) is 38.5 Å². The lowest BCUT2D eigenvalue weighted by molar-refractivity contribution is 0.0917. The van der Waals surface area contributed by atoms with Crippen molar-refractivity contribution in [3.05, 3.63) is 44.7 Å². The van der Waals surface area contributed by atoms with Crippen molar-refractivity contribution in [3.63, 3.8) is 0 Å². The summed E-state index contributed by atoms with van der Waals surface area (Å²) < 4.78 is 0.869. The minimum Gasteiger partial charge on any atom is -0.348 e. The summed E-state index contributed by atoms with van der Waals surface area (Å²) in [6.45, 7) is 3.88. The van der Waals surface area contributed by atoms with Crippen molar-refractivity contribution < 1.29 is 4.79 Å². The minimum absolute atomic E-state index is 0.0859. The van der Waals surface area contributed by atoms with Crippen molar-refractivity contribution in [2.45, 2.75) is 19.4 Å². The van der Waals surface area contributed by atoms with E-state index in [1.165, 1.54) is 6.07 Å². The third kappa shape index (κ3) is 3.08. The number of carbonyl (C=O) groups is 1. The summed E-state index contributed by atoms with van der Waals surface area (Å²) in [5, 5.41) is 7.08. The summed E-state index contributed by atoms with van der Waals surface area (Å²) >= 11 is 3.41. The van der Waals surface area contributed by atoms with Crippen molar-refractivity contribution >= 4 is 32.7 Å². The fourth-order valence-electron chi connectivity index (χ4n) is 2.84. The van der Waals surface area contributed by atoms with Gasteiger partial charge in [-0.3, -0.25) is 9.59 Å². The molecule has 116 valence electrons. The van der Waals surface area contributed by atoms with E-state index in [9.17, 15) is 9.59 Å². The van der Waals surface area contributed by atoms with Crippen molar-refractivity contribution in [2.24, 2.45) is 5.92 Å². The monoisotopic (exact) mass is 363 g/mol. The number of piperidine rings is 1. The van der Waals surface area contributed by atoms with Crippen LogP contribution in [0.4, 0.5) is 0 Å². The molecule has 0 spiro atoms. The van der Waals surface area contributed by atoms with E-state index in [0.29, 0.717) is 17.0 Å². The first-order chi connectivity index (χ1) is 10.5. The number of H-pyrrole nitrogens is 1. The second-order valence-corrected chi connectivity index (χ2v) is 6.70. The summed E-state index contributed by atoms with van der Waals surface area (Å²) in [7, 11) is 0. The Bertz CT molecular complexity index is 772. The lowest BCUT2D eigenvalue weighted by atomic mass is 9.94. The molecular weight excluding hydrogens is 346 g/mol. The molecule has 1 aliphatic heterocycles. The molecule has 2 unspecified atom stereocenters. The maximum absolute atomic E-state index is 12.6. The highest BCUT2D eigenvalue weighted by atomic mass is 79.9. The first-order valence-electron chi connectivity index (χ1n) is 7.39. The number of fused-ring (bicyclic) bond motifs is 1. The zero-order chi connectivity index (χ0) is 15.7. The van der Waals surface area contributed by atoms with Crippen LogP contribution in [-0.4, -0.2) is 30.0 Å². The van der Waals surface area contributed by atoms with Gasteiger partial charge in [-0.05, 0) is 37.1 Å². The zero-order valence-corrected chi connectivity index (χ0v) is 13.9. The Morgan fingerprint density at radius 1 is 1.36 bits per heavy atom. The van der Waals surface area contributed by atoms with Crippen molar-refractivity contribution in [1.82, 2.24) is 15.6 Å². The second kappa shape index (κ2) is 6.22. The number of aromatic amines is 1. The first-order valence-corrected chi connectivity index (χ1v) is 8.18. The quantitative estimate of drug-likeness (QED) is 0.763. The Morgan fingerprint density at radius 2 is 2.18 bits per heavy atom. The molecule has 2 atom stereocenters. The maximum atomic E-state index is 12.6. The predicted molar refractivity (Wildman–Crippen MR) is 90.2 cm³/mol. The van der Waals surface area contributed by atoms with Crippen molar-refractivity contribution in [3.8, 4) is 0 Å². The van der Waals surface area contributed by atoms with Gasteiger partial charge in [0, 0.05) is 34.0 Å². The van der Waals surface area contributed by atoms with E-state index < -0.39 is 0 Å². The van der Waals surface area contributed by atoms with Crippen molar-refractivity contribution in [2.75, 3.05) is 13.1 Å². The molecule has 2 heterocycles. The van der Waals surface area contributed by atoms with Crippen LogP contribution in [0.15, 0.2) is 33.5 Å². The summed E-state index contributed by atoms with van der Waals surface area (Å²) in [4.78, 5) is 27.2. The van der Waals surface area contributed by atoms with E-state index >= 15 is 0 Å². The third-order valence-corrected chi connectivity index (χ3v) is 4.69. The zero-order valence-electron chi connectivity index (χ0n) is 12.3. The molecule has 3 N–H and O–H groups in total. The number of aromatic nitrogens is 1. The summed E-state index contributed by atoms with van der Waals surface area (Å²) in [5.74, 6) is 0.222. The van der Waals surface area contributed by atoms with Crippen LogP contribution in [-0.2, 0) is 0 Å². The van der Waals surface area contributed by atoms with Gasteiger partial charge in [-0.1, -0.05) is 22.9 Å². The smallest absolute Gasteiger partial charge is 0.252 e. The van der Waals surface area contributed by atoms with Crippen LogP contribution in [0.1, 0.15) is 23.7 Å². The van der Waals surface area contributed by atoms with E-state index in [-0.39, 0.29) is 17.5 Å². The molecule has 0 aliphatic carbocycles. The molecule has 3 rings (SSSR count). The van der Waals surface area contributed by atoms with Gasteiger partial charge in [0.2, 0.25) is 5.56 Å². The molecule has 1 aromatic heterocycles. The molecule has 1 saturated heterocycles. The van der Waals surface area contributed by atoms with Gasteiger partial charge < -0.3 is 15.6 Å². The molecule has 1 aromatic carbocycles. The third-order valence-electron chi connectivity index (χ3n) is 4.19. The molecule has 6 heteroatoms. The first kappa shape index (κ1) is 15.2. The van der Waals surface area contributed by atoms with E-state index in [4.69, 9.17) is 0 Å². The Morgan fingerprint density at radius 3 is 2.95 bits per heavy atom. The number of amides is 1. The number of rotatable bonds is 2. The molecule has 0 bridgehead atoms. The van der Waals surface area contributed by atoms with Gasteiger partial charge in [0.15, 0.2) is 0 Å². The van der Waals surface area contributed by atoms with Crippen LogP contribution in [0, 0.1) is 5.92 Å². The second-order valence-electron chi connectivity index (χ2n) is 5.79. The normalized spacial score (nSPS) is 21.7. The van der Waals surface area contributed by atoms with Crippen LogP contribution < -0.4 is 16.2 Å². The van der Waals surface area contributed by atoms with Gasteiger partial charge in [-0.25, -0.2) is 0 Å². The lowest BCUT2D eigenvalue weighted by Gasteiger charge is -2.30. The Hall–Kier alpha value is -1.66. The number of halogens is 1. The molecule has 1 aliphatic rings. The average molecular weight is 364 g/mol. The van der Waals surface area contributed by atoms with E-state index in [1.54, 1.807) is 6.07 Å². The van der Waals surface area contributed by atoms with Gasteiger partial charge in [0.25, 0.3) is 5.91 Å². The topological polar surface area (TPSA) is 74.0 Å². The predicted octanol–water partition coefficient (Wildman–Crippen LogP) is 2.02. The van der Waals surface area contributed by atoms with Gasteiger partial charge in [0.05, 0.1) is 5.56 Å². The van der Waals surface area contributed by atoms with Crippen LogP contribution in [0.5, 0.6) is 0 Å². The van der Waals surface area contributed by atoms with Gasteiger partial charge >= 0.3 is 0 Å². The molecule has 5 nitrogen and oxygen atoms in total. The molecule has 2 aromatic rings. The van der Waals surface area contributed by atoms with E-state index in [1.807, 2.05) is 12.1 Å². The van der Waals surface area contributed by atoms with Crippen LogP contribution in [0.2, 0.25) is 0 Å². The number of hydrogen-bond donors (Lipinski definition) is 3. The Labute approximate surface area is 136 Å². The maximum Gasteiger partial charge on any atom is 0.252 e. The Balaban J connectivity index is 1.96. The molecular formula is C16H18BrN3O2. The van der Waals surface area contributed by atoms with Gasteiger partial charge in [0.1, 0.15) is 0 Å². The number of hydrogen-bond acceptors (Lipinski definition) is 3. The lowest BCUT2D eigenvalue weighted by Crippen LogP contribution is -2.50.